The van der Waals surface area contributed by atoms with Gasteiger partial charge in [-0.1, -0.05) is 19.3 Å². The average Bonchev–Trinajstić information content (AvgIpc) is 2.96. The molecule has 6 heteroatoms. The van der Waals surface area contributed by atoms with Gasteiger partial charge < -0.3 is 10.6 Å². The van der Waals surface area contributed by atoms with E-state index in [9.17, 15) is 9.18 Å². The van der Waals surface area contributed by atoms with Crippen LogP contribution in [0.4, 0.5) is 15.2 Å². The fourth-order valence-corrected chi connectivity index (χ4v) is 3.68. The topological polar surface area (TPSA) is 54.0 Å². The van der Waals surface area contributed by atoms with Crippen molar-refractivity contribution in [2.45, 2.75) is 45.1 Å². The number of benzene rings is 1. The molecule has 1 aromatic carbocycles. The molecule has 1 amide bonds. The monoisotopic (exact) mass is 333 g/mol. The lowest BCUT2D eigenvalue weighted by Gasteiger charge is -2.22. The first-order valence-corrected chi connectivity index (χ1v) is 8.79. The molecule has 4 nitrogen and oxygen atoms in total. The van der Waals surface area contributed by atoms with Crippen LogP contribution in [0.5, 0.6) is 0 Å². The highest BCUT2D eigenvalue weighted by molar-refractivity contribution is 7.14. The van der Waals surface area contributed by atoms with Gasteiger partial charge in [-0.25, -0.2) is 9.37 Å². The van der Waals surface area contributed by atoms with Crippen LogP contribution in [-0.2, 0) is 4.79 Å². The summed E-state index contributed by atoms with van der Waals surface area (Å²) in [5.41, 5.74) is 1.53. The molecule has 0 bridgehead atoms. The van der Waals surface area contributed by atoms with E-state index in [2.05, 4.69) is 15.6 Å². The maximum Gasteiger partial charge on any atom is 0.221 e. The van der Waals surface area contributed by atoms with Gasteiger partial charge in [0.25, 0.3) is 0 Å². The molecule has 2 N–H and O–H groups in total. The largest absolute Gasteiger partial charge is 0.359 e. The van der Waals surface area contributed by atoms with Crippen LogP contribution in [0.3, 0.4) is 0 Å². The number of nitrogens with zero attached hydrogens (tertiary/aromatic N) is 1. The van der Waals surface area contributed by atoms with Gasteiger partial charge in [0.2, 0.25) is 5.91 Å². The third-order valence-electron chi connectivity index (χ3n) is 4.00. The molecular weight excluding hydrogens is 313 g/mol. The first-order valence-electron chi connectivity index (χ1n) is 7.91. The molecule has 0 aliphatic heterocycles. The Bertz CT molecular complexity index is 695. The Morgan fingerprint density at radius 3 is 2.78 bits per heavy atom. The van der Waals surface area contributed by atoms with E-state index in [1.165, 1.54) is 56.4 Å². The Morgan fingerprint density at radius 2 is 2.09 bits per heavy atom. The third kappa shape index (κ3) is 4.07. The molecule has 23 heavy (non-hydrogen) atoms. The molecule has 1 heterocycles. The van der Waals surface area contributed by atoms with Crippen molar-refractivity contribution in [1.82, 2.24) is 4.98 Å². The van der Waals surface area contributed by atoms with Gasteiger partial charge in [0, 0.05) is 29.6 Å². The van der Waals surface area contributed by atoms with E-state index in [-0.39, 0.29) is 11.7 Å². The summed E-state index contributed by atoms with van der Waals surface area (Å²) in [6.07, 6.45) is 6.18. The third-order valence-corrected chi connectivity index (χ3v) is 4.78. The Balaban J connectivity index is 1.73. The first kappa shape index (κ1) is 15.9. The van der Waals surface area contributed by atoms with Crippen LogP contribution in [0.1, 0.15) is 39.0 Å². The van der Waals surface area contributed by atoms with Crippen LogP contribution >= 0.6 is 11.3 Å². The molecule has 122 valence electrons. The van der Waals surface area contributed by atoms with E-state index >= 15 is 0 Å². The molecule has 0 unspecified atom stereocenters. The van der Waals surface area contributed by atoms with Crippen LogP contribution in [0.15, 0.2) is 23.6 Å². The molecule has 0 spiro atoms. The lowest BCUT2D eigenvalue weighted by molar-refractivity contribution is -0.114. The normalized spacial score (nSPS) is 15.4. The van der Waals surface area contributed by atoms with Gasteiger partial charge in [0.1, 0.15) is 5.82 Å². The van der Waals surface area contributed by atoms with Gasteiger partial charge in [-0.2, -0.15) is 0 Å². The summed E-state index contributed by atoms with van der Waals surface area (Å²) in [5.74, 6) is -0.601. The van der Waals surface area contributed by atoms with E-state index in [0.717, 1.165) is 5.13 Å². The zero-order valence-electron chi connectivity index (χ0n) is 13.1. The first-order chi connectivity index (χ1) is 11.1. The van der Waals surface area contributed by atoms with Gasteiger partial charge in [-0.3, -0.25) is 4.79 Å². The number of rotatable bonds is 4. The van der Waals surface area contributed by atoms with Crippen LogP contribution < -0.4 is 10.6 Å². The molecule has 0 radical (unpaired) electrons. The smallest absolute Gasteiger partial charge is 0.221 e. The number of hydrogen-bond donors (Lipinski definition) is 2. The summed E-state index contributed by atoms with van der Waals surface area (Å²) in [7, 11) is 0. The highest BCUT2D eigenvalue weighted by atomic mass is 32.1. The van der Waals surface area contributed by atoms with Crippen molar-refractivity contribution in [1.29, 1.82) is 0 Å². The van der Waals surface area contributed by atoms with Crippen molar-refractivity contribution in [3.05, 3.63) is 29.4 Å². The molecule has 1 aliphatic carbocycles. The van der Waals surface area contributed by atoms with E-state index in [4.69, 9.17) is 0 Å². The second-order valence-electron chi connectivity index (χ2n) is 5.89. The maximum absolute atomic E-state index is 14.2. The summed E-state index contributed by atoms with van der Waals surface area (Å²) >= 11 is 1.50. The molecule has 1 aromatic heterocycles. The van der Waals surface area contributed by atoms with E-state index in [1.807, 2.05) is 5.38 Å². The van der Waals surface area contributed by atoms with Crippen LogP contribution in [-0.4, -0.2) is 16.9 Å². The number of carbonyl (C=O) groups excluding carboxylic acids is 1. The molecule has 1 aliphatic rings. The van der Waals surface area contributed by atoms with Gasteiger partial charge in [-0.05, 0) is 31.0 Å². The average molecular weight is 333 g/mol. The minimum atomic E-state index is -0.384. The number of anilines is 2. The standard InChI is InChI=1S/C17H20FN3OS/c1-11(22)19-13-7-8-14(15(18)9-13)16-10-23-17(21-16)20-12-5-3-2-4-6-12/h7-10,12H,2-6H2,1H3,(H,19,22)(H,20,21). The predicted molar refractivity (Wildman–Crippen MR) is 92.3 cm³/mol. The molecule has 3 rings (SSSR count). The van der Waals surface area contributed by atoms with Crippen molar-refractivity contribution in [3.8, 4) is 11.3 Å². The minimum Gasteiger partial charge on any atom is -0.359 e. The SMILES string of the molecule is CC(=O)Nc1ccc(-c2csc(NC3CCCCC3)n2)c(F)c1. The number of hydrogen-bond acceptors (Lipinski definition) is 4. The van der Waals surface area contributed by atoms with Crippen molar-refractivity contribution in [2.24, 2.45) is 0 Å². The number of carbonyl (C=O) groups is 1. The van der Waals surface area contributed by atoms with Gasteiger partial charge in [0.05, 0.1) is 5.69 Å². The molecule has 1 fully saturated rings. The Morgan fingerprint density at radius 1 is 1.30 bits per heavy atom. The number of nitrogens with one attached hydrogen (secondary N) is 2. The number of thiazole rings is 1. The predicted octanol–water partition coefficient (Wildman–Crippen LogP) is 4.65. The summed E-state index contributed by atoms with van der Waals surface area (Å²) in [6.45, 7) is 1.40. The number of halogens is 1. The second-order valence-corrected chi connectivity index (χ2v) is 6.75. The fraction of sp³-hybridized carbons (Fsp3) is 0.412. The Hall–Kier alpha value is -1.95. The number of aromatic nitrogens is 1. The Labute approximate surface area is 139 Å². The summed E-state index contributed by atoms with van der Waals surface area (Å²) in [6, 6.07) is 5.15. The van der Waals surface area contributed by atoms with Crippen molar-refractivity contribution >= 4 is 28.1 Å². The molecule has 2 aromatic rings. The van der Waals surface area contributed by atoms with Crippen molar-refractivity contribution in [3.63, 3.8) is 0 Å². The van der Waals surface area contributed by atoms with E-state index in [1.54, 1.807) is 12.1 Å². The van der Waals surface area contributed by atoms with Gasteiger partial charge >= 0.3 is 0 Å². The fourth-order valence-electron chi connectivity index (χ4n) is 2.89. The lowest BCUT2D eigenvalue weighted by Crippen LogP contribution is -2.21. The zero-order valence-corrected chi connectivity index (χ0v) is 13.9. The van der Waals surface area contributed by atoms with E-state index < -0.39 is 0 Å². The maximum atomic E-state index is 14.2. The van der Waals surface area contributed by atoms with E-state index in [0.29, 0.717) is 23.0 Å². The summed E-state index contributed by atoms with van der Waals surface area (Å²) in [5, 5.41) is 8.74. The highest BCUT2D eigenvalue weighted by Gasteiger charge is 2.16. The van der Waals surface area contributed by atoms with Crippen LogP contribution in [0.25, 0.3) is 11.3 Å². The number of amides is 1. The molecule has 0 saturated heterocycles. The van der Waals surface area contributed by atoms with Gasteiger partial charge in [0.15, 0.2) is 5.13 Å². The minimum absolute atomic E-state index is 0.218. The molecular formula is C17H20FN3OS. The summed E-state index contributed by atoms with van der Waals surface area (Å²) < 4.78 is 14.2. The second kappa shape index (κ2) is 7.08. The van der Waals surface area contributed by atoms with Gasteiger partial charge in [-0.15, -0.1) is 11.3 Å². The molecule has 0 atom stereocenters. The lowest BCUT2D eigenvalue weighted by atomic mass is 9.96. The quantitative estimate of drug-likeness (QED) is 0.856. The van der Waals surface area contributed by atoms with Crippen LogP contribution in [0.2, 0.25) is 0 Å². The Kier molecular flexibility index (Phi) is 4.91. The van der Waals surface area contributed by atoms with Crippen LogP contribution in [0, 0.1) is 5.82 Å². The van der Waals surface area contributed by atoms with Crippen molar-refractivity contribution < 1.29 is 9.18 Å². The van der Waals surface area contributed by atoms with Crippen molar-refractivity contribution in [2.75, 3.05) is 10.6 Å². The zero-order chi connectivity index (χ0) is 16.2. The summed E-state index contributed by atoms with van der Waals surface area (Å²) in [4.78, 5) is 15.5. The molecule has 1 saturated carbocycles. The highest BCUT2D eigenvalue weighted by Crippen LogP contribution is 2.30.